The van der Waals surface area contributed by atoms with Gasteiger partial charge in [-0.05, 0) is 57.5 Å². The maximum Gasteiger partial charge on any atom is 0.254 e. The van der Waals surface area contributed by atoms with E-state index in [2.05, 4.69) is 10.2 Å². The number of ether oxygens (including phenoxy) is 1. The van der Waals surface area contributed by atoms with E-state index < -0.39 is 0 Å². The Morgan fingerprint density at radius 1 is 1.10 bits per heavy atom. The molecule has 1 atom stereocenters. The Hall–Kier alpha value is -0.610. The van der Waals surface area contributed by atoms with Gasteiger partial charge in [-0.25, -0.2) is 0 Å². The van der Waals surface area contributed by atoms with E-state index >= 15 is 0 Å². The van der Waals surface area contributed by atoms with Gasteiger partial charge in [-0.2, -0.15) is 0 Å². The summed E-state index contributed by atoms with van der Waals surface area (Å²) in [5, 5.41) is 3.41. The lowest BCUT2D eigenvalue weighted by Gasteiger charge is -2.62. The van der Waals surface area contributed by atoms with Crippen LogP contribution in [0.15, 0.2) is 0 Å². The highest BCUT2D eigenvalue weighted by Gasteiger charge is 2.62. The van der Waals surface area contributed by atoms with E-state index in [-0.39, 0.29) is 11.6 Å². The molecule has 2 aliphatic carbocycles. The summed E-state index contributed by atoms with van der Waals surface area (Å²) in [7, 11) is 0. The molecule has 0 aromatic heterocycles. The van der Waals surface area contributed by atoms with Crippen molar-refractivity contribution in [2.45, 2.75) is 75.5 Å². The lowest BCUT2D eigenvalue weighted by molar-refractivity contribution is -0.210. The average Bonchev–Trinajstić information content (AvgIpc) is 3.34. The SMILES string of the molecule is O=C1[C@@H](OCC2CC2)C2(CCCCC2)N1C1CCNCC1. The van der Waals surface area contributed by atoms with Gasteiger partial charge in [-0.1, -0.05) is 19.3 Å². The Labute approximate surface area is 127 Å². The third-order valence-electron chi connectivity index (χ3n) is 6.02. The molecule has 1 N–H and O–H groups in total. The van der Waals surface area contributed by atoms with Crippen molar-refractivity contribution < 1.29 is 9.53 Å². The summed E-state index contributed by atoms with van der Waals surface area (Å²) in [4.78, 5) is 15.0. The van der Waals surface area contributed by atoms with Crippen molar-refractivity contribution in [1.82, 2.24) is 10.2 Å². The molecule has 2 aliphatic heterocycles. The minimum Gasteiger partial charge on any atom is -0.366 e. The molecule has 0 bridgehead atoms. The molecular formula is C17H28N2O2. The van der Waals surface area contributed by atoms with Gasteiger partial charge in [0.1, 0.15) is 0 Å². The van der Waals surface area contributed by atoms with Crippen LogP contribution in [-0.2, 0) is 9.53 Å². The van der Waals surface area contributed by atoms with Crippen molar-refractivity contribution in [3.05, 3.63) is 0 Å². The van der Waals surface area contributed by atoms with E-state index in [4.69, 9.17) is 4.74 Å². The summed E-state index contributed by atoms with van der Waals surface area (Å²) < 4.78 is 6.12. The summed E-state index contributed by atoms with van der Waals surface area (Å²) in [6.45, 7) is 2.93. The quantitative estimate of drug-likeness (QED) is 0.807. The van der Waals surface area contributed by atoms with Crippen LogP contribution in [0.4, 0.5) is 0 Å². The molecule has 4 aliphatic rings. The van der Waals surface area contributed by atoms with Crippen LogP contribution in [0.1, 0.15) is 57.8 Å². The third-order valence-corrected chi connectivity index (χ3v) is 6.02. The maximum absolute atomic E-state index is 12.7. The monoisotopic (exact) mass is 292 g/mol. The number of hydrogen-bond donors (Lipinski definition) is 1. The standard InChI is InChI=1S/C17H28N2O2/c20-16-15(21-12-13-4-5-13)17(8-2-1-3-9-17)19(16)14-6-10-18-11-7-14/h13-15,18H,1-12H2/t15-/m1/s1. The molecule has 118 valence electrons. The van der Waals surface area contributed by atoms with Crippen molar-refractivity contribution in [2.24, 2.45) is 5.92 Å². The largest absolute Gasteiger partial charge is 0.366 e. The van der Waals surface area contributed by atoms with E-state index in [9.17, 15) is 4.79 Å². The zero-order valence-electron chi connectivity index (χ0n) is 13.0. The highest BCUT2D eigenvalue weighted by molar-refractivity contribution is 5.90. The van der Waals surface area contributed by atoms with E-state index in [1.54, 1.807) is 0 Å². The van der Waals surface area contributed by atoms with E-state index in [1.807, 2.05) is 0 Å². The molecule has 0 aromatic carbocycles. The van der Waals surface area contributed by atoms with E-state index in [0.717, 1.165) is 51.3 Å². The van der Waals surface area contributed by atoms with Crippen LogP contribution in [-0.4, -0.2) is 48.2 Å². The fourth-order valence-corrected chi connectivity index (χ4v) is 4.65. The van der Waals surface area contributed by atoms with Crippen LogP contribution >= 0.6 is 0 Å². The molecule has 4 rings (SSSR count). The Bertz CT molecular complexity index is 396. The Morgan fingerprint density at radius 2 is 1.81 bits per heavy atom. The first-order valence-electron chi connectivity index (χ1n) is 8.97. The number of rotatable bonds is 4. The number of hydrogen-bond acceptors (Lipinski definition) is 3. The van der Waals surface area contributed by atoms with Crippen LogP contribution in [0.5, 0.6) is 0 Å². The first-order chi connectivity index (χ1) is 10.3. The maximum atomic E-state index is 12.7. The van der Waals surface area contributed by atoms with E-state index in [0.29, 0.717) is 11.9 Å². The van der Waals surface area contributed by atoms with Gasteiger partial charge in [0, 0.05) is 6.04 Å². The normalized spacial score (nSPS) is 33.2. The summed E-state index contributed by atoms with van der Waals surface area (Å²) in [5.74, 6) is 1.04. The van der Waals surface area contributed by atoms with E-state index in [1.165, 1.54) is 32.1 Å². The van der Waals surface area contributed by atoms with Gasteiger partial charge in [0.05, 0.1) is 12.1 Å². The molecule has 1 spiro atoms. The molecule has 0 radical (unpaired) electrons. The number of carbonyl (C=O) groups excluding carboxylic acids is 1. The zero-order valence-corrected chi connectivity index (χ0v) is 13.0. The molecule has 0 aromatic rings. The second-order valence-electron chi connectivity index (χ2n) is 7.51. The fraction of sp³-hybridized carbons (Fsp3) is 0.941. The summed E-state index contributed by atoms with van der Waals surface area (Å²) in [6.07, 6.45) is 10.9. The van der Waals surface area contributed by atoms with Crippen LogP contribution in [0.2, 0.25) is 0 Å². The molecule has 2 heterocycles. The van der Waals surface area contributed by atoms with Gasteiger partial charge in [0.25, 0.3) is 5.91 Å². The lowest BCUT2D eigenvalue weighted by Crippen LogP contribution is -2.78. The smallest absolute Gasteiger partial charge is 0.254 e. The Morgan fingerprint density at radius 3 is 2.48 bits per heavy atom. The topological polar surface area (TPSA) is 41.6 Å². The van der Waals surface area contributed by atoms with Crippen molar-refractivity contribution in [1.29, 1.82) is 0 Å². The first kappa shape index (κ1) is 14.0. The van der Waals surface area contributed by atoms with Gasteiger partial charge in [0.15, 0.2) is 6.10 Å². The van der Waals surface area contributed by atoms with Crippen LogP contribution in [0.3, 0.4) is 0 Å². The zero-order chi connectivity index (χ0) is 14.3. The number of nitrogens with zero attached hydrogens (tertiary/aromatic N) is 1. The first-order valence-corrected chi connectivity index (χ1v) is 8.97. The lowest BCUT2D eigenvalue weighted by atomic mass is 9.68. The van der Waals surface area contributed by atoms with Crippen LogP contribution in [0, 0.1) is 5.92 Å². The predicted molar refractivity (Wildman–Crippen MR) is 81.0 cm³/mol. The molecular weight excluding hydrogens is 264 g/mol. The number of likely N-dealkylation sites (tertiary alicyclic amines) is 1. The molecule has 0 unspecified atom stereocenters. The van der Waals surface area contributed by atoms with Gasteiger partial charge in [-0.15, -0.1) is 0 Å². The van der Waals surface area contributed by atoms with Gasteiger partial charge >= 0.3 is 0 Å². The predicted octanol–water partition coefficient (Wildman–Crippen LogP) is 2.08. The molecule has 2 saturated carbocycles. The Kier molecular flexibility index (Phi) is 3.70. The summed E-state index contributed by atoms with van der Waals surface area (Å²) in [5.41, 5.74) is 0.0617. The highest BCUT2D eigenvalue weighted by Crippen LogP contribution is 2.48. The molecule has 4 heteroatoms. The summed E-state index contributed by atoms with van der Waals surface area (Å²) in [6, 6.07) is 0.456. The Balaban J connectivity index is 1.49. The second kappa shape index (κ2) is 5.54. The van der Waals surface area contributed by atoms with Crippen LogP contribution in [0.25, 0.3) is 0 Å². The number of amides is 1. The summed E-state index contributed by atoms with van der Waals surface area (Å²) >= 11 is 0. The third kappa shape index (κ3) is 2.40. The van der Waals surface area contributed by atoms with Crippen molar-refractivity contribution in [2.75, 3.05) is 19.7 Å². The molecule has 21 heavy (non-hydrogen) atoms. The molecule has 4 fully saturated rings. The van der Waals surface area contributed by atoms with Gasteiger partial charge in [-0.3, -0.25) is 4.79 Å². The van der Waals surface area contributed by atoms with Crippen molar-refractivity contribution >= 4 is 5.91 Å². The van der Waals surface area contributed by atoms with Crippen LogP contribution < -0.4 is 5.32 Å². The van der Waals surface area contributed by atoms with Gasteiger partial charge in [0.2, 0.25) is 0 Å². The molecule has 2 saturated heterocycles. The molecule has 4 nitrogen and oxygen atoms in total. The van der Waals surface area contributed by atoms with Gasteiger partial charge < -0.3 is 15.0 Å². The fourth-order valence-electron chi connectivity index (χ4n) is 4.65. The van der Waals surface area contributed by atoms with Crippen molar-refractivity contribution in [3.63, 3.8) is 0 Å². The number of carbonyl (C=O) groups is 1. The number of β-lactam (4-membered cyclic amide) rings is 1. The number of piperidine rings is 1. The molecule has 1 amide bonds. The van der Waals surface area contributed by atoms with Crippen molar-refractivity contribution in [3.8, 4) is 0 Å². The average molecular weight is 292 g/mol. The minimum atomic E-state index is -0.117. The second-order valence-corrected chi connectivity index (χ2v) is 7.51. The highest BCUT2D eigenvalue weighted by atomic mass is 16.5. The minimum absolute atomic E-state index is 0.0617. The number of nitrogens with one attached hydrogen (secondary N) is 1.